The molecular formula is C11H10F3N5O. The molecule has 0 aliphatic carbocycles. The Morgan fingerprint density at radius 3 is 2.55 bits per heavy atom. The zero-order chi connectivity index (χ0) is 14.8. The van der Waals surface area contributed by atoms with Crippen LogP contribution in [0.1, 0.15) is 18.7 Å². The van der Waals surface area contributed by atoms with Crippen LogP contribution in [0.4, 0.5) is 19.1 Å². The highest BCUT2D eigenvalue weighted by molar-refractivity contribution is 5.91. The van der Waals surface area contributed by atoms with Gasteiger partial charge in [0.1, 0.15) is 6.04 Å². The predicted octanol–water partition coefficient (Wildman–Crippen LogP) is 1.89. The van der Waals surface area contributed by atoms with Crippen LogP contribution in [0.5, 0.6) is 0 Å². The van der Waals surface area contributed by atoms with E-state index in [1.54, 1.807) is 6.07 Å². The van der Waals surface area contributed by atoms with E-state index >= 15 is 0 Å². The first-order chi connectivity index (χ1) is 9.38. The normalized spacial score (nSPS) is 13.0. The van der Waals surface area contributed by atoms with E-state index in [1.165, 1.54) is 19.3 Å². The van der Waals surface area contributed by atoms with E-state index in [0.29, 0.717) is 0 Å². The Kier molecular flexibility index (Phi) is 3.68. The molecule has 0 fully saturated rings. The van der Waals surface area contributed by atoms with Gasteiger partial charge in [0.15, 0.2) is 5.69 Å². The summed E-state index contributed by atoms with van der Waals surface area (Å²) in [6.07, 6.45) is -0.575. The van der Waals surface area contributed by atoms with Crippen molar-refractivity contribution in [3.8, 4) is 0 Å². The maximum atomic E-state index is 12.4. The monoisotopic (exact) mass is 285 g/mol. The lowest BCUT2D eigenvalue weighted by Gasteiger charge is -2.11. The smallest absolute Gasteiger partial charge is 0.293 e. The summed E-state index contributed by atoms with van der Waals surface area (Å²) in [4.78, 5) is 19.4. The van der Waals surface area contributed by atoms with Crippen LogP contribution >= 0.6 is 0 Å². The molecule has 0 aliphatic heterocycles. The molecule has 20 heavy (non-hydrogen) atoms. The molecule has 2 rings (SSSR count). The summed E-state index contributed by atoms with van der Waals surface area (Å²) in [5.74, 6) is -0.486. The summed E-state index contributed by atoms with van der Waals surface area (Å²) >= 11 is 0. The highest BCUT2D eigenvalue weighted by Gasteiger charge is 2.34. The average molecular weight is 285 g/mol. The summed E-state index contributed by atoms with van der Waals surface area (Å²) in [6, 6.07) is 1.46. The zero-order valence-electron chi connectivity index (χ0n) is 10.3. The highest BCUT2D eigenvalue weighted by atomic mass is 19.4. The van der Waals surface area contributed by atoms with E-state index in [2.05, 4.69) is 20.4 Å². The van der Waals surface area contributed by atoms with E-state index in [4.69, 9.17) is 0 Å². The first kappa shape index (κ1) is 14.0. The fraction of sp³-hybridized carbons (Fsp3) is 0.273. The fourth-order valence-corrected chi connectivity index (χ4v) is 1.40. The summed E-state index contributed by atoms with van der Waals surface area (Å²) in [6.45, 7) is 1.42. The molecule has 0 aliphatic rings. The summed E-state index contributed by atoms with van der Waals surface area (Å²) in [7, 11) is 0. The van der Waals surface area contributed by atoms with Crippen LogP contribution in [0.15, 0.2) is 30.7 Å². The fourth-order valence-electron chi connectivity index (χ4n) is 1.40. The molecule has 0 bridgehead atoms. The molecule has 0 aromatic carbocycles. The van der Waals surface area contributed by atoms with Gasteiger partial charge in [-0.25, -0.2) is 9.97 Å². The molecule has 1 atom stereocenters. The number of nitrogens with one attached hydrogen (secondary N) is 1. The first-order valence-corrected chi connectivity index (χ1v) is 5.58. The number of halogens is 3. The Hall–Kier alpha value is -2.45. The minimum absolute atomic E-state index is 0.0764. The number of hydrogen-bond donors (Lipinski definition) is 1. The van der Waals surface area contributed by atoms with E-state index < -0.39 is 23.8 Å². The van der Waals surface area contributed by atoms with Gasteiger partial charge < -0.3 is 0 Å². The Morgan fingerprint density at radius 2 is 2.00 bits per heavy atom. The molecule has 0 radical (unpaired) electrons. The van der Waals surface area contributed by atoms with Crippen molar-refractivity contribution in [2.24, 2.45) is 0 Å². The van der Waals surface area contributed by atoms with Crippen LogP contribution in [0.2, 0.25) is 0 Å². The number of carbonyl (C=O) groups is 1. The van der Waals surface area contributed by atoms with Gasteiger partial charge in [-0.05, 0) is 19.1 Å². The van der Waals surface area contributed by atoms with Crippen molar-refractivity contribution < 1.29 is 18.0 Å². The van der Waals surface area contributed by atoms with Gasteiger partial charge in [0.2, 0.25) is 5.95 Å². The number of nitrogens with zero attached hydrogens (tertiary/aromatic N) is 4. The second-order valence-corrected chi connectivity index (χ2v) is 3.92. The Morgan fingerprint density at radius 1 is 1.35 bits per heavy atom. The second kappa shape index (κ2) is 5.27. The third kappa shape index (κ3) is 3.11. The molecule has 9 heteroatoms. The Bertz CT molecular complexity index is 596. The zero-order valence-corrected chi connectivity index (χ0v) is 10.3. The molecule has 0 saturated carbocycles. The van der Waals surface area contributed by atoms with Crippen LogP contribution in [0.25, 0.3) is 0 Å². The van der Waals surface area contributed by atoms with E-state index in [1.807, 2.05) is 0 Å². The number of anilines is 1. The van der Waals surface area contributed by atoms with Crippen molar-refractivity contribution in [3.05, 3.63) is 36.4 Å². The van der Waals surface area contributed by atoms with Gasteiger partial charge in [0.05, 0.1) is 0 Å². The van der Waals surface area contributed by atoms with Gasteiger partial charge in [-0.2, -0.15) is 18.3 Å². The van der Waals surface area contributed by atoms with Crippen LogP contribution in [0.3, 0.4) is 0 Å². The van der Waals surface area contributed by atoms with Crippen molar-refractivity contribution in [1.29, 1.82) is 0 Å². The number of alkyl halides is 3. The highest BCUT2D eigenvalue weighted by Crippen LogP contribution is 2.27. The van der Waals surface area contributed by atoms with Gasteiger partial charge in [-0.15, -0.1) is 0 Å². The first-order valence-electron chi connectivity index (χ1n) is 5.58. The quantitative estimate of drug-likeness (QED) is 0.934. The number of carbonyl (C=O) groups excluding carboxylic acids is 1. The van der Waals surface area contributed by atoms with Gasteiger partial charge in [-0.3, -0.25) is 14.8 Å². The Labute approximate surface area is 111 Å². The van der Waals surface area contributed by atoms with E-state index in [9.17, 15) is 18.0 Å². The average Bonchev–Trinajstić information content (AvgIpc) is 2.88. The summed E-state index contributed by atoms with van der Waals surface area (Å²) in [5.41, 5.74) is -1.05. The number of aromatic nitrogens is 4. The van der Waals surface area contributed by atoms with Gasteiger partial charge in [0.25, 0.3) is 5.91 Å². The molecular weight excluding hydrogens is 275 g/mol. The van der Waals surface area contributed by atoms with Crippen molar-refractivity contribution in [1.82, 2.24) is 19.7 Å². The van der Waals surface area contributed by atoms with Gasteiger partial charge in [-0.1, -0.05) is 0 Å². The van der Waals surface area contributed by atoms with E-state index in [-0.39, 0.29) is 5.95 Å². The molecule has 6 nitrogen and oxygen atoms in total. The predicted molar refractivity (Wildman–Crippen MR) is 62.6 cm³/mol. The van der Waals surface area contributed by atoms with Crippen molar-refractivity contribution >= 4 is 11.9 Å². The molecule has 2 aromatic heterocycles. The number of rotatable bonds is 3. The molecule has 106 valence electrons. The number of hydrogen-bond acceptors (Lipinski definition) is 4. The summed E-state index contributed by atoms with van der Waals surface area (Å²) < 4.78 is 38.2. The maximum Gasteiger partial charge on any atom is 0.435 e. The molecule has 1 amide bonds. The molecule has 1 N–H and O–H groups in total. The standard InChI is InChI=1S/C11H10F3N5O/c1-7(9(20)17-10-15-4-2-5-16-10)19-6-3-8(18-19)11(12,13)14/h2-7H,1H3,(H,15,16,17,20)/t7-/m0/s1. The largest absolute Gasteiger partial charge is 0.435 e. The van der Waals surface area contributed by atoms with Crippen molar-refractivity contribution in [2.45, 2.75) is 19.1 Å². The lowest BCUT2D eigenvalue weighted by atomic mass is 10.3. The third-order valence-electron chi connectivity index (χ3n) is 2.48. The SMILES string of the molecule is C[C@@H](C(=O)Nc1ncccn1)n1ccc(C(F)(F)F)n1. The summed E-state index contributed by atoms with van der Waals surface area (Å²) in [5, 5.41) is 5.72. The lowest BCUT2D eigenvalue weighted by molar-refractivity contribution is -0.141. The van der Waals surface area contributed by atoms with Crippen LogP contribution in [-0.2, 0) is 11.0 Å². The topological polar surface area (TPSA) is 72.7 Å². The molecule has 0 spiro atoms. The molecule has 2 heterocycles. The molecule has 2 aromatic rings. The van der Waals surface area contributed by atoms with Crippen molar-refractivity contribution in [2.75, 3.05) is 5.32 Å². The van der Waals surface area contributed by atoms with Crippen LogP contribution < -0.4 is 5.32 Å². The van der Waals surface area contributed by atoms with Gasteiger partial charge >= 0.3 is 6.18 Å². The second-order valence-electron chi connectivity index (χ2n) is 3.92. The molecule has 0 saturated heterocycles. The Balaban J connectivity index is 2.09. The van der Waals surface area contributed by atoms with E-state index in [0.717, 1.165) is 16.9 Å². The minimum atomic E-state index is -4.54. The van der Waals surface area contributed by atoms with Crippen LogP contribution in [0, 0.1) is 0 Å². The maximum absolute atomic E-state index is 12.4. The van der Waals surface area contributed by atoms with Crippen molar-refractivity contribution in [3.63, 3.8) is 0 Å². The lowest BCUT2D eigenvalue weighted by Crippen LogP contribution is -2.25. The van der Waals surface area contributed by atoms with Gasteiger partial charge in [0, 0.05) is 18.6 Å². The third-order valence-corrected chi connectivity index (χ3v) is 2.48. The molecule has 0 unspecified atom stereocenters. The number of amides is 1. The minimum Gasteiger partial charge on any atom is -0.293 e. The van der Waals surface area contributed by atoms with Crippen LogP contribution in [-0.4, -0.2) is 25.7 Å².